The maximum absolute atomic E-state index is 14.3. The van der Waals surface area contributed by atoms with Crippen LogP contribution in [-0.4, -0.2) is 9.97 Å². The zero-order valence-electron chi connectivity index (χ0n) is 17.6. The molecule has 0 saturated heterocycles. The van der Waals surface area contributed by atoms with Gasteiger partial charge in [-0.1, -0.05) is 44.2 Å². The van der Waals surface area contributed by atoms with Gasteiger partial charge in [0, 0.05) is 22.5 Å². The van der Waals surface area contributed by atoms with Crippen LogP contribution < -0.4 is 0 Å². The third kappa shape index (κ3) is 3.58. The van der Waals surface area contributed by atoms with Crippen molar-refractivity contribution in [1.29, 1.82) is 0 Å². The summed E-state index contributed by atoms with van der Waals surface area (Å²) in [6.45, 7) is 8.45. The van der Waals surface area contributed by atoms with Crippen LogP contribution >= 0.6 is 0 Å². The van der Waals surface area contributed by atoms with Crippen LogP contribution in [0.4, 0.5) is 8.78 Å². The van der Waals surface area contributed by atoms with Crippen LogP contribution in [0.2, 0.25) is 0 Å². The molecule has 0 amide bonds. The van der Waals surface area contributed by atoms with Crippen molar-refractivity contribution in [3.05, 3.63) is 102 Å². The van der Waals surface area contributed by atoms with E-state index in [1.807, 2.05) is 30.3 Å². The van der Waals surface area contributed by atoms with Gasteiger partial charge >= 0.3 is 0 Å². The first kappa shape index (κ1) is 20.1. The van der Waals surface area contributed by atoms with Gasteiger partial charge in [-0.2, -0.15) is 0 Å². The standard InChI is InChI=1S/C26H24F2N2/c1-25(2)15-7-8-19(25)22-10-6-12-24(30-22)26(3,4)23-11-5-9-21(29-23)18-14-13-17(27)16-20(18)28/h5-16H,1-4H3. The van der Waals surface area contributed by atoms with Gasteiger partial charge in [-0.05, 0) is 55.8 Å². The zero-order valence-corrected chi connectivity index (χ0v) is 17.6. The van der Waals surface area contributed by atoms with Gasteiger partial charge in [0.1, 0.15) is 11.6 Å². The van der Waals surface area contributed by atoms with Gasteiger partial charge in [0.2, 0.25) is 0 Å². The fourth-order valence-corrected chi connectivity index (χ4v) is 3.80. The van der Waals surface area contributed by atoms with Crippen molar-refractivity contribution >= 4 is 5.57 Å². The summed E-state index contributed by atoms with van der Waals surface area (Å²) in [6, 6.07) is 15.1. The minimum Gasteiger partial charge on any atom is -0.252 e. The highest BCUT2D eigenvalue weighted by molar-refractivity contribution is 5.73. The lowest BCUT2D eigenvalue weighted by molar-refractivity contribution is 0.582. The summed E-state index contributed by atoms with van der Waals surface area (Å²) in [5, 5.41) is 0. The molecule has 0 fully saturated rings. The van der Waals surface area contributed by atoms with Crippen molar-refractivity contribution in [3.8, 4) is 11.3 Å². The van der Waals surface area contributed by atoms with Gasteiger partial charge in [0.05, 0.1) is 22.8 Å². The SMILES string of the molecule is CC1(C)C=CC=C1c1cccc(C(C)(C)c2cccc(-c3ccc(F)cc3F)n2)n1. The van der Waals surface area contributed by atoms with Crippen LogP contribution in [0.25, 0.3) is 16.8 Å². The number of aromatic nitrogens is 2. The minimum absolute atomic E-state index is 0.0615. The lowest BCUT2D eigenvalue weighted by Crippen LogP contribution is -2.23. The van der Waals surface area contributed by atoms with Crippen LogP contribution in [0.15, 0.2) is 72.8 Å². The average molecular weight is 402 g/mol. The molecule has 0 bridgehead atoms. The maximum atomic E-state index is 14.3. The third-order valence-corrected chi connectivity index (χ3v) is 5.73. The van der Waals surface area contributed by atoms with Crippen molar-refractivity contribution in [2.45, 2.75) is 33.1 Å². The molecule has 1 aromatic carbocycles. The van der Waals surface area contributed by atoms with Crippen LogP contribution in [0.3, 0.4) is 0 Å². The molecule has 0 radical (unpaired) electrons. The smallest absolute Gasteiger partial charge is 0.135 e. The topological polar surface area (TPSA) is 25.8 Å². The molecule has 0 N–H and O–H groups in total. The van der Waals surface area contributed by atoms with E-state index in [0.29, 0.717) is 5.69 Å². The summed E-state index contributed by atoms with van der Waals surface area (Å²) in [4.78, 5) is 9.67. The molecule has 3 aromatic rings. The number of benzene rings is 1. The average Bonchev–Trinajstić information content (AvgIpc) is 3.07. The minimum atomic E-state index is -0.625. The summed E-state index contributed by atoms with van der Waals surface area (Å²) in [5.74, 6) is -1.23. The molecule has 30 heavy (non-hydrogen) atoms. The Morgan fingerprint density at radius 2 is 1.47 bits per heavy atom. The lowest BCUT2D eigenvalue weighted by atomic mass is 9.82. The first-order valence-corrected chi connectivity index (χ1v) is 9.99. The molecule has 0 unspecified atom stereocenters. The lowest BCUT2D eigenvalue weighted by Gasteiger charge is -2.26. The number of rotatable bonds is 4. The second-order valence-electron chi connectivity index (χ2n) is 8.73. The Kier molecular flexibility index (Phi) is 4.89. The van der Waals surface area contributed by atoms with E-state index in [1.54, 1.807) is 6.07 Å². The number of halogens is 2. The fraction of sp³-hybridized carbons (Fsp3) is 0.231. The molecule has 152 valence electrons. The van der Waals surface area contributed by atoms with Gasteiger partial charge in [0.15, 0.2) is 0 Å². The molecule has 0 saturated carbocycles. The highest BCUT2D eigenvalue weighted by atomic mass is 19.1. The number of nitrogens with zero attached hydrogens (tertiary/aromatic N) is 2. The van der Waals surface area contributed by atoms with Gasteiger partial charge < -0.3 is 0 Å². The predicted octanol–water partition coefficient (Wildman–Crippen LogP) is 6.73. The van der Waals surface area contributed by atoms with E-state index in [-0.39, 0.29) is 11.0 Å². The molecule has 4 rings (SSSR count). The van der Waals surface area contributed by atoms with E-state index in [4.69, 9.17) is 9.97 Å². The predicted molar refractivity (Wildman–Crippen MR) is 117 cm³/mol. The summed E-state index contributed by atoms with van der Waals surface area (Å²) >= 11 is 0. The Labute approximate surface area is 176 Å². The monoisotopic (exact) mass is 402 g/mol. The maximum Gasteiger partial charge on any atom is 0.135 e. The van der Waals surface area contributed by atoms with Gasteiger partial charge in [-0.25, -0.2) is 8.78 Å². The fourth-order valence-electron chi connectivity index (χ4n) is 3.80. The Balaban J connectivity index is 1.74. The van der Waals surface area contributed by atoms with Gasteiger partial charge in [-0.3, -0.25) is 9.97 Å². The van der Waals surface area contributed by atoms with E-state index >= 15 is 0 Å². The first-order chi connectivity index (χ1) is 14.2. The van der Waals surface area contributed by atoms with Crippen LogP contribution in [-0.2, 0) is 5.41 Å². The van der Waals surface area contributed by atoms with E-state index < -0.39 is 17.0 Å². The molecule has 2 heterocycles. The highest BCUT2D eigenvalue weighted by Crippen LogP contribution is 2.40. The Hall–Kier alpha value is -3.14. The number of hydrogen-bond acceptors (Lipinski definition) is 2. The van der Waals surface area contributed by atoms with E-state index in [9.17, 15) is 8.78 Å². The summed E-state index contributed by atoms with van der Waals surface area (Å²) < 4.78 is 27.6. The quantitative estimate of drug-likeness (QED) is 0.484. The van der Waals surface area contributed by atoms with E-state index in [0.717, 1.165) is 23.1 Å². The zero-order chi connectivity index (χ0) is 21.5. The molecule has 0 atom stereocenters. The Morgan fingerprint density at radius 3 is 2.07 bits per heavy atom. The van der Waals surface area contributed by atoms with E-state index in [1.165, 1.54) is 17.7 Å². The molecule has 1 aliphatic carbocycles. The molecular formula is C26H24F2N2. The summed E-state index contributed by atoms with van der Waals surface area (Å²) in [5.41, 5.74) is 3.95. The van der Waals surface area contributed by atoms with E-state index in [2.05, 4.69) is 45.9 Å². The molecule has 2 aromatic heterocycles. The number of hydrogen-bond donors (Lipinski definition) is 0. The third-order valence-electron chi connectivity index (χ3n) is 5.73. The van der Waals surface area contributed by atoms with Crippen molar-refractivity contribution in [3.63, 3.8) is 0 Å². The van der Waals surface area contributed by atoms with Crippen molar-refractivity contribution in [2.24, 2.45) is 5.41 Å². The molecular weight excluding hydrogens is 378 g/mol. The number of allylic oxidation sites excluding steroid dienone is 4. The van der Waals surface area contributed by atoms with Crippen LogP contribution in [0, 0.1) is 17.0 Å². The molecule has 1 aliphatic rings. The molecule has 0 spiro atoms. The number of pyridine rings is 2. The molecule has 2 nitrogen and oxygen atoms in total. The van der Waals surface area contributed by atoms with Gasteiger partial charge in [-0.15, -0.1) is 0 Å². The summed E-state index contributed by atoms with van der Waals surface area (Å²) in [7, 11) is 0. The summed E-state index contributed by atoms with van der Waals surface area (Å²) in [6.07, 6.45) is 6.34. The second kappa shape index (κ2) is 7.28. The van der Waals surface area contributed by atoms with Crippen molar-refractivity contribution in [1.82, 2.24) is 9.97 Å². The molecule has 0 aliphatic heterocycles. The molecule has 4 heteroatoms. The second-order valence-corrected chi connectivity index (χ2v) is 8.73. The normalized spacial score (nSPS) is 15.3. The van der Waals surface area contributed by atoms with Gasteiger partial charge in [0.25, 0.3) is 0 Å². The van der Waals surface area contributed by atoms with Crippen molar-refractivity contribution in [2.75, 3.05) is 0 Å². The first-order valence-electron chi connectivity index (χ1n) is 9.99. The largest absolute Gasteiger partial charge is 0.252 e. The van der Waals surface area contributed by atoms with Crippen LogP contribution in [0.1, 0.15) is 44.8 Å². The Morgan fingerprint density at radius 1 is 0.833 bits per heavy atom. The Bertz CT molecular complexity index is 1170. The van der Waals surface area contributed by atoms with Crippen molar-refractivity contribution < 1.29 is 8.78 Å². The highest BCUT2D eigenvalue weighted by Gasteiger charge is 2.30. The van der Waals surface area contributed by atoms with Crippen LogP contribution in [0.5, 0.6) is 0 Å².